The molecule has 5 nitrogen and oxygen atoms in total. The van der Waals surface area contributed by atoms with Gasteiger partial charge in [-0.1, -0.05) is 13.0 Å². The zero-order valence-electron chi connectivity index (χ0n) is 11.7. The number of nitriles is 1. The predicted octanol–water partition coefficient (Wildman–Crippen LogP) is 2.33. The van der Waals surface area contributed by atoms with Crippen molar-refractivity contribution in [1.29, 1.82) is 5.26 Å². The number of aromatic nitrogens is 2. The number of fused-ring (bicyclic) bond motifs is 1. The van der Waals surface area contributed by atoms with Crippen molar-refractivity contribution in [3.05, 3.63) is 23.8 Å². The molecule has 1 saturated heterocycles. The molecule has 0 bridgehead atoms. The molecular formula is C15H19N5. The average Bonchev–Trinajstić information content (AvgIpc) is 3.10. The molecule has 1 aromatic carbocycles. The van der Waals surface area contributed by atoms with E-state index in [1.54, 1.807) is 6.07 Å². The molecule has 0 spiro atoms. The lowest BCUT2D eigenvalue weighted by molar-refractivity contribution is 0.277. The number of anilines is 1. The van der Waals surface area contributed by atoms with Crippen LogP contribution in [0.25, 0.3) is 11.0 Å². The van der Waals surface area contributed by atoms with Gasteiger partial charge in [0.15, 0.2) is 0 Å². The second-order valence-corrected chi connectivity index (χ2v) is 5.20. The van der Waals surface area contributed by atoms with Crippen LogP contribution in [0.15, 0.2) is 18.2 Å². The lowest BCUT2D eigenvalue weighted by Crippen LogP contribution is -2.34. The monoisotopic (exact) mass is 269 g/mol. The molecule has 2 N–H and O–H groups in total. The van der Waals surface area contributed by atoms with Crippen molar-refractivity contribution in [2.24, 2.45) is 0 Å². The first-order valence-electron chi connectivity index (χ1n) is 7.18. The topological polar surface area (TPSA) is 67.7 Å². The van der Waals surface area contributed by atoms with Gasteiger partial charge < -0.3 is 10.3 Å². The Hall–Kier alpha value is -2.06. The Morgan fingerprint density at radius 3 is 3.25 bits per heavy atom. The van der Waals surface area contributed by atoms with Crippen molar-refractivity contribution in [3.63, 3.8) is 0 Å². The van der Waals surface area contributed by atoms with E-state index >= 15 is 0 Å². The Labute approximate surface area is 118 Å². The molecule has 1 aromatic heterocycles. The summed E-state index contributed by atoms with van der Waals surface area (Å²) in [5.41, 5.74) is 2.27. The molecule has 0 aliphatic carbocycles. The number of imidazole rings is 1. The molecule has 0 saturated carbocycles. The molecule has 1 fully saturated rings. The number of para-hydroxylation sites is 1. The van der Waals surface area contributed by atoms with Gasteiger partial charge in [-0.3, -0.25) is 4.90 Å². The smallest absolute Gasteiger partial charge is 0.201 e. The van der Waals surface area contributed by atoms with Gasteiger partial charge in [0.1, 0.15) is 11.6 Å². The van der Waals surface area contributed by atoms with Crippen LogP contribution in [-0.2, 0) is 0 Å². The molecule has 1 aliphatic rings. The van der Waals surface area contributed by atoms with Crippen LogP contribution < -0.4 is 5.32 Å². The van der Waals surface area contributed by atoms with Crippen LogP contribution in [0.4, 0.5) is 5.95 Å². The van der Waals surface area contributed by atoms with E-state index in [0.29, 0.717) is 11.6 Å². The van der Waals surface area contributed by atoms with Crippen molar-refractivity contribution >= 4 is 17.0 Å². The summed E-state index contributed by atoms with van der Waals surface area (Å²) < 4.78 is 0. The minimum absolute atomic E-state index is 0.587. The number of likely N-dealkylation sites (tertiary alicyclic amines) is 1. The fourth-order valence-electron chi connectivity index (χ4n) is 2.96. The number of hydrogen-bond donors (Lipinski definition) is 2. The van der Waals surface area contributed by atoms with Gasteiger partial charge in [-0.15, -0.1) is 0 Å². The highest BCUT2D eigenvalue weighted by Crippen LogP contribution is 2.20. The van der Waals surface area contributed by atoms with Gasteiger partial charge in [0.25, 0.3) is 0 Å². The molecular weight excluding hydrogens is 250 g/mol. The number of nitrogens with one attached hydrogen (secondary N) is 2. The summed E-state index contributed by atoms with van der Waals surface area (Å²) in [6.45, 7) is 5.40. The third kappa shape index (κ3) is 2.35. The molecule has 5 heteroatoms. The Balaban J connectivity index is 1.74. The highest BCUT2D eigenvalue weighted by Gasteiger charge is 2.22. The van der Waals surface area contributed by atoms with Gasteiger partial charge in [0.2, 0.25) is 5.95 Å². The lowest BCUT2D eigenvalue weighted by Gasteiger charge is -2.22. The van der Waals surface area contributed by atoms with Crippen molar-refractivity contribution in [1.82, 2.24) is 14.9 Å². The van der Waals surface area contributed by atoms with Gasteiger partial charge in [-0.2, -0.15) is 5.26 Å². The van der Waals surface area contributed by atoms with Crippen LogP contribution in [0, 0.1) is 11.3 Å². The van der Waals surface area contributed by atoms with Gasteiger partial charge in [0.05, 0.1) is 11.1 Å². The maximum Gasteiger partial charge on any atom is 0.201 e. The van der Waals surface area contributed by atoms with E-state index in [1.807, 2.05) is 12.1 Å². The van der Waals surface area contributed by atoms with Crippen molar-refractivity contribution in [2.75, 3.05) is 25.0 Å². The van der Waals surface area contributed by atoms with Gasteiger partial charge >= 0.3 is 0 Å². The second kappa shape index (κ2) is 5.51. The molecule has 2 heterocycles. The van der Waals surface area contributed by atoms with Gasteiger partial charge in [-0.25, -0.2) is 4.98 Å². The number of hydrogen-bond acceptors (Lipinski definition) is 4. The molecule has 1 aliphatic heterocycles. The van der Waals surface area contributed by atoms with E-state index in [-0.39, 0.29) is 0 Å². The third-order valence-corrected chi connectivity index (χ3v) is 4.04. The number of aromatic amines is 1. The molecule has 1 atom stereocenters. The number of H-pyrrole nitrogens is 1. The van der Waals surface area contributed by atoms with Gasteiger partial charge in [-0.05, 0) is 38.1 Å². The largest absolute Gasteiger partial charge is 0.354 e. The van der Waals surface area contributed by atoms with Crippen molar-refractivity contribution in [2.45, 2.75) is 25.8 Å². The van der Waals surface area contributed by atoms with E-state index in [2.05, 4.69) is 33.2 Å². The summed E-state index contributed by atoms with van der Waals surface area (Å²) >= 11 is 0. The minimum atomic E-state index is 0.587. The van der Waals surface area contributed by atoms with E-state index in [1.165, 1.54) is 19.4 Å². The standard InChI is InChI=1S/C15H19N5/c1-2-20-8-4-6-12(20)10-17-15-18-13-7-3-5-11(9-16)14(13)19-15/h3,5,7,12H,2,4,6,8,10H2,1H3,(H2,17,18,19). The molecule has 0 radical (unpaired) electrons. The Bertz CT molecular complexity index is 639. The van der Waals surface area contributed by atoms with Crippen LogP contribution in [-0.4, -0.2) is 40.5 Å². The normalized spacial score (nSPS) is 19.3. The van der Waals surface area contributed by atoms with Crippen LogP contribution in [0.1, 0.15) is 25.3 Å². The van der Waals surface area contributed by atoms with Crippen molar-refractivity contribution < 1.29 is 0 Å². The Morgan fingerprint density at radius 1 is 1.55 bits per heavy atom. The maximum atomic E-state index is 9.08. The SMILES string of the molecule is CCN1CCCC1CNc1nc2c(C#N)cccc2[nH]1. The first kappa shape index (κ1) is 12.9. The summed E-state index contributed by atoms with van der Waals surface area (Å²) in [6.07, 6.45) is 2.52. The van der Waals surface area contributed by atoms with Crippen LogP contribution >= 0.6 is 0 Å². The fraction of sp³-hybridized carbons (Fsp3) is 0.467. The summed E-state index contributed by atoms with van der Waals surface area (Å²) in [5.74, 6) is 0.755. The second-order valence-electron chi connectivity index (χ2n) is 5.20. The molecule has 104 valence electrons. The highest BCUT2D eigenvalue weighted by molar-refractivity contribution is 5.83. The first-order chi connectivity index (χ1) is 9.81. The maximum absolute atomic E-state index is 9.08. The quantitative estimate of drug-likeness (QED) is 0.894. The Kier molecular flexibility index (Phi) is 3.57. The molecule has 2 aromatic rings. The van der Waals surface area contributed by atoms with E-state index in [4.69, 9.17) is 5.26 Å². The summed E-state index contributed by atoms with van der Waals surface area (Å²) in [7, 11) is 0. The first-order valence-corrected chi connectivity index (χ1v) is 7.18. The summed E-state index contributed by atoms with van der Waals surface area (Å²) in [6, 6.07) is 8.38. The predicted molar refractivity (Wildman–Crippen MR) is 79.6 cm³/mol. The number of likely N-dealkylation sites (N-methyl/N-ethyl adjacent to an activating group) is 1. The zero-order valence-corrected chi connectivity index (χ0v) is 11.7. The Morgan fingerprint density at radius 2 is 2.45 bits per heavy atom. The highest BCUT2D eigenvalue weighted by atomic mass is 15.2. The van der Waals surface area contributed by atoms with E-state index in [9.17, 15) is 0 Å². The molecule has 1 unspecified atom stereocenters. The fourth-order valence-corrected chi connectivity index (χ4v) is 2.96. The molecule has 0 amide bonds. The van der Waals surface area contributed by atoms with E-state index < -0.39 is 0 Å². The van der Waals surface area contributed by atoms with Crippen molar-refractivity contribution in [3.8, 4) is 6.07 Å². The number of benzene rings is 1. The molecule has 20 heavy (non-hydrogen) atoms. The average molecular weight is 269 g/mol. The number of rotatable bonds is 4. The minimum Gasteiger partial charge on any atom is -0.354 e. The molecule has 3 rings (SSSR count). The van der Waals surface area contributed by atoms with Crippen LogP contribution in [0.3, 0.4) is 0 Å². The third-order valence-electron chi connectivity index (χ3n) is 4.04. The zero-order chi connectivity index (χ0) is 13.9. The van der Waals surface area contributed by atoms with Crippen LogP contribution in [0.5, 0.6) is 0 Å². The van der Waals surface area contributed by atoms with Crippen LogP contribution in [0.2, 0.25) is 0 Å². The van der Waals surface area contributed by atoms with Gasteiger partial charge in [0, 0.05) is 12.6 Å². The summed E-state index contributed by atoms with van der Waals surface area (Å²) in [4.78, 5) is 10.2. The number of nitrogens with zero attached hydrogens (tertiary/aromatic N) is 3. The lowest BCUT2D eigenvalue weighted by atomic mass is 10.2. The van der Waals surface area contributed by atoms with E-state index in [0.717, 1.165) is 30.1 Å². The summed E-state index contributed by atoms with van der Waals surface area (Å²) in [5, 5.41) is 12.5.